The van der Waals surface area contributed by atoms with E-state index >= 15 is 0 Å². The fourth-order valence-electron chi connectivity index (χ4n) is 2.45. The highest BCUT2D eigenvalue weighted by molar-refractivity contribution is 7.94. The third-order valence-electron chi connectivity index (χ3n) is 3.70. The van der Waals surface area contributed by atoms with Gasteiger partial charge in [0.25, 0.3) is 0 Å². The number of nitrogens with one attached hydrogen (secondary N) is 2. The topological polar surface area (TPSA) is 114 Å². The molecule has 0 spiro atoms. The van der Waals surface area contributed by atoms with Crippen molar-refractivity contribution in [1.29, 1.82) is 4.78 Å². The van der Waals surface area contributed by atoms with E-state index in [2.05, 4.69) is 14.7 Å². The maximum Gasteiger partial charge on any atom is 0.210 e. The second-order valence-corrected chi connectivity index (χ2v) is 8.76. The van der Waals surface area contributed by atoms with Crippen LogP contribution in [-0.2, 0) is 28.8 Å². The van der Waals surface area contributed by atoms with Crippen LogP contribution in [0, 0.1) is 11.7 Å². The Hall–Kier alpha value is -1.55. The van der Waals surface area contributed by atoms with Gasteiger partial charge in [0.15, 0.2) is 23.1 Å². The highest BCUT2D eigenvalue weighted by Gasteiger charge is 2.37. The van der Waals surface area contributed by atoms with Crippen molar-refractivity contribution < 1.29 is 4.55 Å². The maximum absolute atomic E-state index is 12.5. The lowest BCUT2D eigenvalue weighted by Gasteiger charge is -2.17. The van der Waals surface area contributed by atoms with Crippen molar-refractivity contribution in [3.05, 3.63) is 34.3 Å². The minimum Gasteiger partial charge on any atom is -0.568 e. The number of aromatic nitrogens is 2. The molecule has 25 heavy (non-hydrogen) atoms. The lowest BCUT2D eigenvalue weighted by Crippen LogP contribution is -2.30. The van der Waals surface area contributed by atoms with Gasteiger partial charge in [0.1, 0.15) is 0 Å². The number of aryl methyl sites for hydroxylation is 1. The number of benzene rings is 1. The summed E-state index contributed by atoms with van der Waals surface area (Å²) >= 11 is 4.57. The second-order valence-electron chi connectivity index (χ2n) is 5.66. The molecule has 0 saturated carbocycles. The first kappa shape index (κ1) is 18.2. The molecule has 1 aromatic heterocycles. The van der Waals surface area contributed by atoms with E-state index in [4.69, 9.17) is 22.1 Å². The minimum absolute atomic E-state index is 0.226. The Morgan fingerprint density at radius 3 is 2.88 bits per heavy atom. The van der Waals surface area contributed by atoms with E-state index < -0.39 is 22.2 Å². The summed E-state index contributed by atoms with van der Waals surface area (Å²) in [4.78, 5) is 8.69. The largest absolute Gasteiger partial charge is 0.568 e. The van der Waals surface area contributed by atoms with Crippen LogP contribution in [-0.4, -0.2) is 20.3 Å². The predicted octanol–water partition coefficient (Wildman–Crippen LogP) is 3.18. The molecule has 2 atom stereocenters. The number of nitrogens with two attached hydrogens (primary N) is 1. The number of hydrogen-bond donors (Lipinski definition) is 3. The second kappa shape index (κ2) is 7.36. The van der Waals surface area contributed by atoms with Gasteiger partial charge in [-0.25, -0.2) is 4.98 Å². The Morgan fingerprint density at radius 1 is 1.44 bits per heavy atom. The summed E-state index contributed by atoms with van der Waals surface area (Å²) in [7, 11) is -0.839. The molecule has 1 aliphatic heterocycles. The number of halogens is 1. The standard InChI is InChI=1S/C15H19ClN6OS2/c1-3-6-24(18)15-19-13(17)12-14(20-15)22(25(23)21-12)8-10-4-5-11(16)9(2)7-10/h4-5,7,18,21H,3,6,8H2,1-2H3,(H2,17,19,20). The van der Waals surface area contributed by atoms with Gasteiger partial charge in [0, 0.05) is 10.8 Å². The third kappa shape index (κ3) is 3.69. The summed E-state index contributed by atoms with van der Waals surface area (Å²) in [6, 6.07) is 5.67. The van der Waals surface area contributed by atoms with Crippen LogP contribution in [0.5, 0.6) is 0 Å². The first-order valence-corrected chi connectivity index (χ1v) is 10.6. The monoisotopic (exact) mass is 398 g/mol. The van der Waals surface area contributed by atoms with E-state index in [1.54, 1.807) is 4.31 Å². The van der Waals surface area contributed by atoms with Crippen molar-refractivity contribution in [1.82, 2.24) is 9.97 Å². The van der Waals surface area contributed by atoms with Crippen molar-refractivity contribution in [2.24, 2.45) is 0 Å². The third-order valence-corrected chi connectivity index (χ3v) is 6.65. The molecule has 4 N–H and O–H groups in total. The number of nitrogens with zero attached hydrogens (tertiary/aromatic N) is 3. The average Bonchev–Trinajstić information content (AvgIpc) is 2.88. The van der Waals surface area contributed by atoms with E-state index in [1.165, 1.54) is 0 Å². The van der Waals surface area contributed by atoms with Crippen LogP contribution in [0.15, 0.2) is 23.4 Å². The molecular formula is C15H19ClN6OS2. The zero-order valence-corrected chi connectivity index (χ0v) is 16.3. The van der Waals surface area contributed by atoms with E-state index in [9.17, 15) is 4.55 Å². The van der Waals surface area contributed by atoms with Crippen LogP contribution in [0.2, 0.25) is 5.02 Å². The lowest BCUT2D eigenvalue weighted by atomic mass is 10.1. The highest BCUT2D eigenvalue weighted by Crippen LogP contribution is 2.39. The van der Waals surface area contributed by atoms with Crippen molar-refractivity contribution >= 4 is 51.2 Å². The molecule has 0 fully saturated rings. The maximum atomic E-state index is 12.5. The van der Waals surface area contributed by atoms with Crippen molar-refractivity contribution in [2.75, 3.05) is 20.5 Å². The van der Waals surface area contributed by atoms with Crippen LogP contribution in [0.1, 0.15) is 24.5 Å². The molecule has 134 valence electrons. The van der Waals surface area contributed by atoms with E-state index in [1.807, 2.05) is 32.0 Å². The molecule has 2 unspecified atom stereocenters. The average molecular weight is 399 g/mol. The molecule has 0 amide bonds. The molecule has 7 nitrogen and oxygen atoms in total. The fraction of sp³-hybridized carbons (Fsp3) is 0.333. The zero-order chi connectivity index (χ0) is 18.1. The Kier molecular flexibility index (Phi) is 5.38. The molecule has 2 aromatic rings. The van der Waals surface area contributed by atoms with Crippen LogP contribution in [0.3, 0.4) is 0 Å². The summed E-state index contributed by atoms with van der Waals surface area (Å²) in [5.41, 5.74) is 8.37. The Labute approximate surface area is 157 Å². The normalized spacial score (nSPS) is 17.3. The van der Waals surface area contributed by atoms with Gasteiger partial charge in [-0.15, -0.1) is 4.31 Å². The molecule has 0 bridgehead atoms. The van der Waals surface area contributed by atoms with Crippen LogP contribution in [0.25, 0.3) is 0 Å². The summed E-state index contributed by atoms with van der Waals surface area (Å²) in [6.45, 7) is 4.32. The first-order valence-electron chi connectivity index (χ1n) is 7.71. The Balaban J connectivity index is 1.95. The Morgan fingerprint density at radius 2 is 2.20 bits per heavy atom. The van der Waals surface area contributed by atoms with Crippen molar-refractivity contribution in [3.63, 3.8) is 0 Å². The lowest BCUT2D eigenvalue weighted by molar-refractivity contribution is 0.596. The van der Waals surface area contributed by atoms with Crippen LogP contribution < -0.4 is 14.8 Å². The van der Waals surface area contributed by atoms with Gasteiger partial charge in [-0.1, -0.05) is 30.7 Å². The van der Waals surface area contributed by atoms with Crippen LogP contribution in [0.4, 0.5) is 17.3 Å². The molecular weight excluding hydrogens is 380 g/mol. The molecule has 3 rings (SSSR count). The predicted molar refractivity (Wildman–Crippen MR) is 104 cm³/mol. The number of fused-ring (bicyclic) bond motifs is 1. The summed E-state index contributed by atoms with van der Waals surface area (Å²) in [5.74, 6) is 1.38. The van der Waals surface area contributed by atoms with Gasteiger partial charge in [0.05, 0.1) is 6.54 Å². The van der Waals surface area contributed by atoms with Gasteiger partial charge in [-0.2, -0.15) is 9.71 Å². The van der Waals surface area contributed by atoms with E-state index in [0.717, 1.165) is 17.5 Å². The number of anilines is 3. The fourth-order valence-corrected chi connectivity index (χ4v) is 4.60. The number of rotatable bonds is 5. The molecule has 10 heteroatoms. The van der Waals surface area contributed by atoms with Gasteiger partial charge in [0.2, 0.25) is 11.0 Å². The molecule has 1 aromatic carbocycles. The SMILES string of the molecule is CCCS(=N)c1nc(N)c2c(n1)N(Cc1ccc(Cl)c(C)c1)[S+]([O-])N2. The van der Waals surface area contributed by atoms with Gasteiger partial charge in [-0.05, 0) is 41.2 Å². The summed E-state index contributed by atoms with van der Waals surface area (Å²) in [5, 5.41) is 1.08. The summed E-state index contributed by atoms with van der Waals surface area (Å²) in [6.07, 6.45) is 0.866. The quantitative estimate of drug-likeness (QED) is 0.526. The number of nitrogen functional groups attached to an aromatic ring is 1. The molecule has 0 radical (unpaired) electrons. The molecule has 2 heterocycles. The van der Waals surface area contributed by atoms with Crippen molar-refractivity contribution in [3.8, 4) is 0 Å². The van der Waals surface area contributed by atoms with Crippen LogP contribution >= 0.6 is 11.6 Å². The van der Waals surface area contributed by atoms with Gasteiger partial charge >= 0.3 is 0 Å². The van der Waals surface area contributed by atoms with E-state index in [0.29, 0.717) is 34.0 Å². The minimum atomic E-state index is -1.50. The van der Waals surface area contributed by atoms with Gasteiger partial charge < -0.3 is 10.3 Å². The molecule has 0 aliphatic carbocycles. The summed E-state index contributed by atoms with van der Waals surface area (Å²) < 4.78 is 25.1. The van der Waals surface area contributed by atoms with Gasteiger partial charge in [-0.3, -0.25) is 4.78 Å². The smallest absolute Gasteiger partial charge is 0.210 e. The van der Waals surface area contributed by atoms with E-state index in [-0.39, 0.29) is 5.82 Å². The van der Waals surface area contributed by atoms with Crippen molar-refractivity contribution in [2.45, 2.75) is 32.0 Å². The Bertz CT molecular complexity index is 834. The number of hydrogen-bond acceptors (Lipinski definition) is 7. The zero-order valence-electron chi connectivity index (χ0n) is 13.9. The molecule has 1 aliphatic rings. The highest BCUT2D eigenvalue weighted by atomic mass is 35.5. The first-order chi connectivity index (χ1) is 11.9. The molecule has 0 saturated heterocycles.